The molecule has 0 radical (unpaired) electrons. The van der Waals surface area contributed by atoms with Crippen molar-refractivity contribution >= 4 is 5.91 Å². The molecule has 1 aliphatic rings. The summed E-state index contributed by atoms with van der Waals surface area (Å²) < 4.78 is 5.18. The van der Waals surface area contributed by atoms with E-state index in [2.05, 4.69) is 10.3 Å². The average Bonchev–Trinajstić information content (AvgIpc) is 2.87. The molecule has 98 valence electrons. The van der Waals surface area contributed by atoms with Gasteiger partial charge in [0, 0.05) is 19.3 Å². The zero-order valence-electron chi connectivity index (χ0n) is 10.8. The smallest absolute Gasteiger partial charge is 0.257 e. The minimum Gasteiger partial charge on any atom is -0.494 e. The van der Waals surface area contributed by atoms with Crippen LogP contribution in [0.2, 0.25) is 0 Å². The van der Waals surface area contributed by atoms with Crippen molar-refractivity contribution in [2.75, 3.05) is 33.8 Å². The Morgan fingerprint density at radius 3 is 3.22 bits per heavy atom. The number of carbonyl (C=O) groups excluding carboxylic acids is 1. The minimum absolute atomic E-state index is 0.0350. The number of nitrogens with zero attached hydrogens (tertiary/aromatic N) is 2. The first kappa shape index (κ1) is 12.8. The maximum atomic E-state index is 12.4. The number of likely N-dealkylation sites (tertiary alicyclic amines) is 1. The van der Waals surface area contributed by atoms with Crippen molar-refractivity contribution in [2.24, 2.45) is 5.92 Å². The SMILES string of the molecule is CNCC1CCN(C(=O)c2ccncc2OC)C1. The van der Waals surface area contributed by atoms with Gasteiger partial charge in [-0.1, -0.05) is 0 Å². The lowest BCUT2D eigenvalue weighted by atomic mass is 10.1. The number of methoxy groups -OCH3 is 1. The van der Waals surface area contributed by atoms with E-state index >= 15 is 0 Å². The molecule has 18 heavy (non-hydrogen) atoms. The predicted molar refractivity (Wildman–Crippen MR) is 68.7 cm³/mol. The zero-order chi connectivity index (χ0) is 13.0. The number of hydrogen-bond acceptors (Lipinski definition) is 4. The van der Waals surface area contributed by atoms with Crippen LogP contribution in [0.3, 0.4) is 0 Å². The summed E-state index contributed by atoms with van der Waals surface area (Å²) in [5.41, 5.74) is 0.595. The Hall–Kier alpha value is -1.62. The highest BCUT2D eigenvalue weighted by Crippen LogP contribution is 2.22. The lowest BCUT2D eigenvalue weighted by Gasteiger charge is -2.17. The van der Waals surface area contributed by atoms with E-state index in [1.54, 1.807) is 25.6 Å². The van der Waals surface area contributed by atoms with Crippen LogP contribution in [0.25, 0.3) is 0 Å². The normalized spacial score (nSPS) is 19.0. The third kappa shape index (κ3) is 2.61. The maximum absolute atomic E-state index is 12.4. The highest BCUT2D eigenvalue weighted by molar-refractivity contribution is 5.96. The molecular formula is C13H19N3O2. The Morgan fingerprint density at radius 1 is 1.67 bits per heavy atom. The van der Waals surface area contributed by atoms with Crippen LogP contribution in [0.1, 0.15) is 16.8 Å². The quantitative estimate of drug-likeness (QED) is 0.856. The molecule has 1 amide bonds. The minimum atomic E-state index is 0.0350. The molecule has 1 N–H and O–H groups in total. The average molecular weight is 249 g/mol. The van der Waals surface area contributed by atoms with Gasteiger partial charge in [-0.3, -0.25) is 9.78 Å². The van der Waals surface area contributed by atoms with E-state index in [1.165, 1.54) is 0 Å². The van der Waals surface area contributed by atoms with Crippen LogP contribution in [0, 0.1) is 5.92 Å². The molecule has 1 unspecified atom stereocenters. The van der Waals surface area contributed by atoms with Crippen LogP contribution in [-0.4, -0.2) is 49.6 Å². The number of carbonyl (C=O) groups is 1. The second-order valence-electron chi connectivity index (χ2n) is 4.54. The molecule has 1 atom stereocenters. The molecule has 0 bridgehead atoms. The Bertz CT molecular complexity index is 422. The van der Waals surface area contributed by atoms with Crippen LogP contribution in [-0.2, 0) is 0 Å². The van der Waals surface area contributed by atoms with Gasteiger partial charge in [-0.25, -0.2) is 0 Å². The van der Waals surface area contributed by atoms with Crippen molar-refractivity contribution in [2.45, 2.75) is 6.42 Å². The van der Waals surface area contributed by atoms with Gasteiger partial charge in [0.2, 0.25) is 0 Å². The number of rotatable bonds is 4. The van der Waals surface area contributed by atoms with Gasteiger partial charge >= 0.3 is 0 Å². The predicted octanol–water partition coefficient (Wildman–Crippen LogP) is 0.772. The summed E-state index contributed by atoms with van der Waals surface area (Å²) in [5.74, 6) is 1.12. The van der Waals surface area contributed by atoms with E-state index in [1.807, 2.05) is 11.9 Å². The maximum Gasteiger partial charge on any atom is 0.257 e. The van der Waals surface area contributed by atoms with Gasteiger partial charge in [-0.05, 0) is 32.0 Å². The fourth-order valence-corrected chi connectivity index (χ4v) is 2.36. The van der Waals surface area contributed by atoms with Crippen molar-refractivity contribution in [3.05, 3.63) is 24.0 Å². The highest BCUT2D eigenvalue weighted by atomic mass is 16.5. The van der Waals surface area contributed by atoms with Gasteiger partial charge in [0.1, 0.15) is 5.75 Å². The monoisotopic (exact) mass is 249 g/mol. The topological polar surface area (TPSA) is 54.5 Å². The highest BCUT2D eigenvalue weighted by Gasteiger charge is 2.27. The summed E-state index contributed by atoms with van der Waals surface area (Å²) in [6.07, 6.45) is 4.26. The van der Waals surface area contributed by atoms with E-state index in [9.17, 15) is 4.79 Å². The Kier molecular flexibility index (Phi) is 4.15. The van der Waals surface area contributed by atoms with Crippen molar-refractivity contribution < 1.29 is 9.53 Å². The molecule has 1 saturated heterocycles. The molecule has 0 spiro atoms. The first-order valence-corrected chi connectivity index (χ1v) is 6.18. The molecule has 5 heteroatoms. The molecule has 1 fully saturated rings. The summed E-state index contributed by atoms with van der Waals surface area (Å²) in [4.78, 5) is 18.2. The lowest BCUT2D eigenvalue weighted by Crippen LogP contribution is -2.30. The van der Waals surface area contributed by atoms with E-state index in [4.69, 9.17) is 4.74 Å². The van der Waals surface area contributed by atoms with Crippen LogP contribution in [0.5, 0.6) is 5.75 Å². The van der Waals surface area contributed by atoms with Gasteiger partial charge in [-0.2, -0.15) is 0 Å². The Balaban J connectivity index is 2.08. The molecular weight excluding hydrogens is 230 g/mol. The summed E-state index contributed by atoms with van der Waals surface area (Å²) >= 11 is 0. The van der Waals surface area contributed by atoms with Crippen LogP contribution in [0.4, 0.5) is 0 Å². The second-order valence-corrected chi connectivity index (χ2v) is 4.54. The lowest BCUT2D eigenvalue weighted by molar-refractivity contribution is 0.0783. The van der Waals surface area contributed by atoms with E-state index < -0.39 is 0 Å². The van der Waals surface area contributed by atoms with Crippen LogP contribution in [0.15, 0.2) is 18.5 Å². The Morgan fingerprint density at radius 2 is 2.50 bits per heavy atom. The van der Waals surface area contributed by atoms with Gasteiger partial charge in [0.05, 0.1) is 18.9 Å². The molecule has 0 saturated carbocycles. The molecule has 5 nitrogen and oxygen atoms in total. The van der Waals surface area contributed by atoms with Crippen molar-refractivity contribution in [3.63, 3.8) is 0 Å². The zero-order valence-corrected chi connectivity index (χ0v) is 10.8. The number of aromatic nitrogens is 1. The second kappa shape index (κ2) is 5.82. The summed E-state index contributed by atoms with van der Waals surface area (Å²) in [6.45, 7) is 2.58. The van der Waals surface area contributed by atoms with Crippen LogP contribution < -0.4 is 10.1 Å². The van der Waals surface area contributed by atoms with Gasteiger partial charge in [-0.15, -0.1) is 0 Å². The van der Waals surface area contributed by atoms with E-state index in [-0.39, 0.29) is 5.91 Å². The number of amides is 1. The first-order chi connectivity index (χ1) is 8.76. The van der Waals surface area contributed by atoms with Gasteiger partial charge < -0.3 is 15.0 Å². The fourth-order valence-electron chi connectivity index (χ4n) is 2.36. The molecule has 0 aromatic carbocycles. The van der Waals surface area contributed by atoms with Crippen molar-refractivity contribution in [1.82, 2.24) is 15.2 Å². The summed E-state index contributed by atoms with van der Waals surface area (Å²) in [5, 5.41) is 3.16. The van der Waals surface area contributed by atoms with Gasteiger partial charge in [0.15, 0.2) is 0 Å². The molecule has 2 heterocycles. The molecule has 0 aliphatic carbocycles. The van der Waals surface area contributed by atoms with Crippen molar-refractivity contribution in [1.29, 1.82) is 0 Å². The molecule has 1 aromatic rings. The third-order valence-electron chi connectivity index (χ3n) is 3.30. The Labute approximate surface area is 107 Å². The standard InChI is InChI=1S/C13H19N3O2/c1-14-7-10-4-6-16(9-10)13(17)11-3-5-15-8-12(11)18-2/h3,5,8,10,14H,4,6-7,9H2,1-2H3. The van der Waals surface area contributed by atoms with Gasteiger partial charge in [0.25, 0.3) is 5.91 Å². The summed E-state index contributed by atoms with van der Waals surface area (Å²) in [7, 11) is 3.50. The number of nitrogens with one attached hydrogen (secondary N) is 1. The summed E-state index contributed by atoms with van der Waals surface area (Å²) in [6, 6.07) is 1.71. The molecule has 1 aliphatic heterocycles. The van der Waals surface area contributed by atoms with Crippen LogP contribution >= 0.6 is 0 Å². The largest absolute Gasteiger partial charge is 0.494 e. The molecule has 1 aromatic heterocycles. The van der Waals surface area contributed by atoms with Crippen molar-refractivity contribution in [3.8, 4) is 5.75 Å². The molecule has 2 rings (SSSR count). The fraction of sp³-hybridized carbons (Fsp3) is 0.538. The van der Waals surface area contributed by atoms with E-state index in [0.29, 0.717) is 17.2 Å². The third-order valence-corrected chi connectivity index (χ3v) is 3.30. The first-order valence-electron chi connectivity index (χ1n) is 6.18. The number of hydrogen-bond donors (Lipinski definition) is 1. The van der Waals surface area contributed by atoms with E-state index in [0.717, 1.165) is 26.1 Å². The number of ether oxygens (including phenoxy) is 1. The number of pyridine rings is 1.